The highest BCUT2D eigenvalue weighted by molar-refractivity contribution is 6.04. The molecule has 0 fully saturated rings. The molecule has 1 heterocycles. The fraction of sp³-hybridized carbons (Fsp3) is 0. The zero-order valence-corrected chi connectivity index (χ0v) is 11.4. The van der Waals surface area contributed by atoms with Crippen LogP contribution in [0.25, 0.3) is 11.3 Å². The van der Waals surface area contributed by atoms with Gasteiger partial charge >= 0.3 is 0 Å². The topological polar surface area (TPSA) is 78.0 Å². The van der Waals surface area contributed by atoms with Crippen LogP contribution in [0.5, 0.6) is 5.75 Å². The van der Waals surface area contributed by atoms with Gasteiger partial charge in [0.15, 0.2) is 0 Å². The molecule has 22 heavy (non-hydrogen) atoms. The lowest BCUT2D eigenvalue weighted by Gasteiger charge is -2.04. The van der Waals surface area contributed by atoms with Gasteiger partial charge in [0.2, 0.25) is 0 Å². The van der Waals surface area contributed by atoms with Crippen LogP contribution in [0.4, 0.5) is 10.1 Å². The van der Waals surface area contributed by atoms with Crippen molar-refractivity contribution in [3.05, 3.63) is 66.1 Å². The van der Waals surface area contributed by atoms with Crippen LogP contribution in [-0.2, 0) is 0 Å². The summed E-state index contributed by atoms with van der Waals surface area (Å²) < 4.78 is 12.9. The largest absolute Gasteiger partial charge is 0.506 e. The summed E-state index contributed by atoms with van der Waals surface area (Å²) in [5.74, 6) is -0.784. The average molecular weight is 297 g/mol. The number of nitrogens with one attached hydrogen (secondary N) is 2. The maximum absolute atomic E-state index is 12.9. The summed E-state index contributed by atoms with van der Waals surface area (Å²) in [5, 5.41) is 18.9. The number of H-pyrrole nitrogens is 1. The Morgan fingerprint density at radius 1 is 1.14 bits per heavy atom. The van der Waals surface area contributed by atoms with Crippen molar-refractivity contribution in [1.29, 1.82) is 0 Å². The average Bonchev–Trinajstić information content (AvgIpc) is 3.00. The summed E-state index contributed by atoms with van der Waals surface area (Å²) >= 11 is 0. The van der Waals surface area contributed by atoms with Gasteiger partial charge in [0, 0.05) is 5.56 Å². The molecule has 1 aromatic heterocycles. The van der Waals surface area contributed by atoms with Crippen molar-refractivity contribution in [1.82, 2.24) is 10.2 Å². The number of hydrogen-bond acceptors (Lipinski definition) is 3. The number of aromatic nitrogens is 2. The van der Waals surface area contributed by atoms with Crippen molar-refractivity contribution in [3.63, 3.8) is 0 Å². The number of carbonyl (C=O) groups is 1. The van der Waals surface area contributed by atoms with Gasteiger partial charge in [-0.3, -0.25) is 9.89 Å². The van der Waals surface area contributed by atoms with Crippen LogP contribution >= 0.6 is 0 Å². The molecule has 0 atom stereocenters. The molecule has 0 aliphatic carbocycles. The third kappa shape index (κ3) is 2.80. The quantitative estimate of drug-likeness (QED) is 0.650. The van der Waals surface area contributed by atoms with Gasteiger partial charge in [0.25, 0.3) is 5.91 Å². The molecule has 3 N–H and O–H groups in total. The minimum Gasteiger partial charge on any atom is -0.506 e. The fourth-order valence-corrected chi connectivity index (χ4v) is 1.98. The first-order valence-electron chi connectivity index (χ1n) is 6.54. The second-order valence-electron chi connectivity index (χ2n) is 4.65. The molecule has 3 aromatic rings. The summed E-state index contributed by atoms with van der Waals surface area (Å²) in [4.78, 5) is 12.1. The lowest BCUT2D eigenvalue weighted by molar-refractivity contribution is 0.102. The third-order valence-electron chi connectivity index (χ3n) is 3.11. The van der Waals surface area contributed by atoms with Crippen molar-refractivity contribution >= 4 is 11.6 Å². The standard InChI is InChI=1S/C16H12FN3O2/c17-11-7-5-10(6-8-11)13-9-14(20-19-13)16(22)18-12-3-1-2-4-15(12)21/h1-9,21H,(H,18,22)(H,19,20). The van der Waals surface area contributed by atoms with Crippen molar-refractivity contribution in [2.24, 2.45) is 0 Å². The first-order valence-corrected chi connectivity index (χ1v) is 6.54. The Morgan fingerprint density at radius 3 is 2.59 bits per heavy atom. The van der Waals surface area contributed by atoms with Crippen LogP contribution in [0.3, 0.4) is 0 Å². The molecule has 0 saturated carbocycles. The molecule has 0 aliphatic heterocycles. The fourth-order valence-electron chi connectivity index (χ4n) is 1.98. The summed E-state index contributed by atoms with van der Waals surface area (Å²) in [6.07, 6.45) is 0. The Labute approximate surface area is 125 Å². The van der Waals surface area contributed by atoms with Crippen molar-refractivity contribution in [3.8, 4) is 17.0 Å². The zero-order valence-electron chi connectivity index (χ0n) is 11.4. The molecule has 2 aromatic carbocycles. The molecule has 0 saturated heterocycles. The summed E-state index contributed by atoms with van der Waals surface area (Å²) in [7, 11) is 0. The third-order valence-corrected chi connectivity index (χ3v) is 3.11. The van der Waals surface area contributed by atoms with Crippen LogP contribution < -0.4 is 5.32 Å². The number of anilines is 1. The number of carbonyl (C=O) groups excluding carboxylic acids is 1. The number of para-hydroxylation sites is 2. The normalized spacial score (nSPS) is 10.4. The molecule has 0 spiro atoms. The number of amides is 1. The molecule has 110 valence electrons. The van der Waals surface area contributed by atoms with Gasteiger partial charge in [-0.1, -0.05) is 12.1 Å². The Kier molecular flexibility index (Phi) is 3.57. The Bertz CT molecular complexity index is 812. The molecular formula is C16H12FN3O2. The zero-order chi connectivity index (χ0) is 15.5. The molecule has 1 amide bonds. The number of rotatable bonds is 3. The molecule has 0 bridgehead atoms. The highest BCUT2D eigenvalue weighted by Gasteiger charge is 2.12. The van der Waals surface area contributed by atoms with E-state index in [0.29, 0.717) is 16.9 Å². The molecule has 0 radical (unpaired) electrons. The van der Waals surface area contributed by atoms with Crippen LogP contribution in [-0.4, -0.2) is 21.2 Å². The van der Waals surface area contributed by atoms with E-state index in [4.69, 9.17) is 0 Å². The summed E-state index contributed by atoms with van der Waals surface area (Å²) in [6, 6.07) is 13.8. The van der Waals surface area contributed by atoms with Gasteiger partial charge in [0.05, 0.1) is 11.4 Å². The number of halogens is 1. The lowest BCUT2D eigenvalue weighted by atomic mass is 10.1. The van der Waals surface area contributed by atoms with Crippen LogP contribution in [0.2, 0.25) is 0 Å². The molecular weight excluding hydrogens is 285 g/mol. The van der Waals surface area contributed by atoms with Gasteiger partial charge in [-0.05, 0) is 42.5 Å². The monoisotopic (exact) mass is 297 g/mol. The van der Waals surface area contributed by atoms with Gasteiger partial charge in [-0.2, -0.15) is 5.10 Å². The number of nitrogens with zero attached hydrogens (tertiary/aromatic N) is 1. The molecule has 0 unspecified atom stereocenters. The first kappa shape index (κ1) is 13.8. The van der Waals surface area contributed by atoms with Gasteiger partial charge < -0.3 is 10.4 Å². The van der Waals surface area contributed by atoms with Crippen LogP contribution in [0, 0.1) is 5.82 Å². The number of aromatic hydroxyl groups is 1. The number of phenolic OH excluding ortho intramolecular Hbond substituents is 1. The van der Waals surface area contributed by atoms with Gasteiger partial charge in [0.1, 0.15) is 17.3 Å². The van der Waals surface area contributed by atoms with Gasteiger partial charge in [-0.15, -0.1) is 0 Å². The summed E-state index contributed by atoms with van der Waals surface area (Å²) in [6.45, 7) is 0. The smallest absolute Gasteiger partial charge is 0.273 e. The van der Waals surface area contributed by atoms with E-state index < -0.39 is 5.91 Å². The van der Waals surface area contributed by atoms with Crippen LogP contribution in [0.1, 0.15) is 10.5 Å². The van der Waals surface area contributed by atoms with E-state index in [1.807, 2.05) is 0 Å². The van der Waals surface area contributed by atoms with Crippen LogP contribution in [0.15, 0.2) is 54.6 Å². The summed E-state index contributed by atoms with van der Waals surface area (Å²) in [5.41, 5.74) is 1.77. The van der Waals surface area contributed by atoms with E-state index in [1.54, 1.807) is 36.4 Å². The number of aromatic amines is 1. The van der Waals surface area contributed by atoms with E-state index in [9.17, 15) is 14.3 Å². The van der Waals surface area contributed by atoms with Crippen molar-refractivity contribution < 1.29 is 14.3 Å². The van der Waals surface area contributed by atoms with Crippen molar-refractivity contribution in [2.45, 2.75) is 0 Å². The maximum Gasteiger partial charge on any atom is 0.273 e. The van der Waals surface area contributed by atoms with E-state index in [-0.39, 0.29) is 17.3 Å². The van der Waals surface area contributed by atoms with E-state index >= 15 is 0 Å². The number of hydrogen-bond donors (Lipinski definition) is 3. The highest BCUT2D eigenvalue weighted by atomic mass is 19.1. The Balaban J connectivity index is 1.80. The van der Waals surface area contributed by atoms with Gasteiger partial charge in [-0.25, -0.2) is 4.39 Å². The second-order valence-corrected chi connectivity index (χ2v) is 4.65. The maximum atomic E-state index is 12.9. The highest BCUT2D eigenvalue weighted by Crippen LogP contribution is 2.23. The predicted octanol–water partition coefficient (Wildman–Crippen LogP) is 3.17. The first-order chi connectivity index (χ1) is 10.6. The van der Waals surface area contributed by atoms with E-state index in [0.717, 1.165) is 0 Å². The number of phenols is 1. The second kappa shape index (κ2) is 5.69. The minimum absolute atomic E-state index is 0.0193. The van der Waals surface area contributed by atoms with E-state index in [1.165, 1.54) is 18.2 Å². The van der Waals surface area contributed by atoms with E-state index in [2.05, 4.69) is 15.5 Å². The Morgan fingerprint density at radius 2 is 1.86 bits per heavy atom. The number of benzene rings is 2. The Hall–Kier alpha value is -3.15. The molecule has 3 rings (SSSR count). The van der Waals surface area contributed by atoms with Crippen molar-refractivity contribution in [2.75, 3.05) is 5.32 Å². The lowest BCUT2D eigenvalue weighted by Crippen LogP contribution is -2.12. The molecule has 5 nitrogen and oxygen atoms in total. The molecule has 0 aliphatic rings. The predicted molar refractivity (Wildman–Crippen MR) is 80.0 cm³/mol. The minimum atomic E-state index is -0.428. The SMILES string of the molecule is O=C(Nc1ccccc1O)c1cc(-c2ccc(F)cc2)n[nH]1. The molecule has 6 heteroatoms.